The first kappa shape index (κ1) is 15.2. The molecule has 2 aliphatic heterocycles. The van der Waals surface area contributed by atoms with Gasteiger partial charge in [0.2, 0.25) is 5.91 Å². The zero-order chi connectivity index (χ0) is 14.8. The topological polar surface area (TPSA) is 40.5 Å². The molecule has 1 aromatic heterocycles. The number of carbonyl (C=O) groups is 1. The van der Waals surface area contributed by atoms with Crippen molar-refractivity contribution >= 4 is 21.8 Å². The lowest BCUT2D eigenvalue weighted by atomic mass is 10.1. The number of nitrogens with one attached hydrogen (secondary N) is 1. The molecule has 1 N–H and O–H groups in total. The van der Waals surface area contributed by atoms with Crippen LogP contribution in [-0.2, 0) is 13.0 Å². The first-order chi connectivity index (χ1) is 10.1. The van der Waals surface area contributed by atoms with Gasteiger partial charge in [0.1, 0.15) is 0 Å². The molecule has 116 valence electrons. The van der Waals surface area contributed by atoms with Gasteiger partial charge in [0.25, 0.3) is 0 Å². The van der Waals surface area contributed by atoms with Crippen LogP contribution in [0.3, 0.4) is 0 Å². The fourth-order valence-electron chi connectivity index (χ4n) is 3.13. The van der Waals surface area contributed by atoms with E-state index in [4.69, 9.17) is 0 Å². The molecule has 3 rings (SSSR count). The molecule has 0 bridgehead atoms. The lowest BCUT2D eigenvalue weighted by Gasteiger charge is -2.32. The molecule has 1 fully saturated rings. The smallest absolute Gasteiger partial charge is 0.233 e. The highest BCUT2D eigenvalue weighted by Gasteiger charge is 2.22. The number of carbonyl (C=O) groups excluding carboxylic acids is 1. The van der Waals surface area contributed by atoms with Gasteiger partial charge in [-0.15, -0.1) is 0 Å². The zero-order valence-corrected chi connectivity index (χ0v) is 14.2. The summed E-state index contributed by atoms with van der Waals surface area (Å²) >= 11 is 3.55. The maximum atomic E-state index is 12.6. The number of halogens is 1. The van der Waals surface area contributed by atoms with Crippen molar-refractivity contribution in [2.45, 2.75) is 19.4 Å². The molecule has 0 spiro atoms. The van der Waals surface area contributed by atoms with E-state index < -0.39 is 0 Å². The number of likely N-dealkylation sites (N-methyl/N-ethyl adjacent to an activating group) is 1. The SMILES string of the molecule is CN1CCN(CCC(=O)n2c(Br)cc3c2CCNC3)CC1. The second-order valence-electron chi connectivity index (χ2n) is 5.99. The number of nitrogens with zero attached hydrogens (tertiary/aromatic N) is 3. The monoisotopic (exact) mass is 354 g/mol. The molecule has 0 saturated carbocycles. The van der Waals surface area contributed by atoms with Crippen LogP contribution >= 0.6 is 15.9 Å². The summed E-state index contributed by atoms with van der Waals surface area (Å²) in [5.41, 5.74) is 2.44. The largest absolute Gasteiger partial charge is 0.312 e. The predicted octanol–water partition coefficient (Wildman–Crippen LogP) is 1.17. The van der Waals surface area contributed by atoms with Crippen LogP contribution in [0.15, 0.2) is 10.7 Å². The molecule has 0 amide bonds. The van der Waals surface area contributed by atoms with Gasteiger partial charge in [0.05, 0.1) is 4.60 Å². The van der Waals surface area contributed by atoms with E-state index >= 15 is 0 Å². The molecule has 1 saturated heterocycles. The summed E-state index contributed by atoms with van der Waals surface area (Å²) in [6.07, 6.45) is 1.53. The van der Waals surface area contributed by atoms with Crippen LogP contribution in [0.25, 0.3) is 0 Å². The molecule has 0 radical (unpaired) electrons. The minimum absolute atomic E-state index is 0.212. The van der Waals surface area contributed by atoms with E-state index in [1.807, 2.05) is 4.57 Å². The van der Waals surface area contributed by atoms with Crippen molar-refractivity contribution in [1.82, 2.24) is 19.7 Å². The van der Waals surface area contributed by atoms with Crippen molar-refractivity contribution in [3.8, 4) is 0 Å². The van der Waals surface area contributed by atoms with E-state index in [0.717, 1.165) is 56.8 Å². The molecule has 0 aromatic carbocycles. The van der Waals surface area contributed by atoms with Crippen LogP contribution in [0.4, 0.5) is 0 Å². The second-order valence-corrected chi connectivity index (χ2v) is 6.80. The fourth-order valence-corrected chi connectivity index (χ4v) is 3.81. The Morgan fingerprint density at radius 2 is 2.10 bits per heavy atom. The van der Waals surface area contributed by atoms with Gasteiger partial charge in [-0.2, -0.15) is 0 Å². The molecule has 3 heterocycles. The Labute approximate surface area is 134 Å². The molecule has 21 heavy (non-hydrogen) atoms. The number of hydrogen-bond acceptors (Lipinski definition) is 4. The third-order valence-corrected chi connectivity index (χ3v) is 5.07. The Bertz CT molecular complexity index is 520. The lowest BCUT2D eigenvalue weighted by molar-refractivity contribution is 0.0857. The van der Waals surface area contributed by atoms with E-state index in [9.17, 15) is 4.79 Å². The first-order valence-electron chi connectivity index (χ1n) is 7.69. The van der Waals surface area contributed by atoms with Crippen molar-refractivity contribution < 1.29 is 4.79 Å². The Balaban J connectivity index is 1.62. The van der Waals surface area contributed by atoms with Crippen molar-refractivity contribution in [2.24, 2.45) is 0 Å². The van der Waals surface area contributed by atoms with E-state index in [0.29, 0.717) is 6.42 Å². The summed E-state index contributed by atoms with van der Waals surface area (Å²) in [5.74, 6) is 0.212. The van der Waals surface area contributed by atoms with Crippen molar-refractivity contribution in [1.29, 1.82) is 0 Å². The van der Waals surface area contributed by atoms with Crippen molar-refractivity contribution in [3.05, 3.63) is 21.9 Å². The summed E-state index contributed by atoms with van der Waals surface area (Å²) in [6.45, 7) is 7.02. The van der Waals surface area contributed by atoms with E-state index in [-0.39, 0.29) is 5.91 Å². The van der Waals surface area contributed by atoms with Gasteiger partial charge < -0.3 is 15.1 Å². The van der Waals surface area contributed by atoms with Gasteiger partial charge in [-0.3, -0.25) is 9.36 Å². The minimum atomic E-state index is 0.212. The highest BCUT2D eigenvalue weighted by molar-refractivity contribution is 9.10. The quantitative estimate of drug-likeness (QED) is 0.884. The van der Waals surface area contributed by atoms with Crippen LogP contribution in [0, 0.1) is 0 Å². The third kappa shape index (κ3) is 3.39. The number of rotatable bonds is 3. The molecule has 0 aliphatic carbocycles. The van der Waals surface area contributed by atoms with Crippen LogP contribution in [-0.4, -0.2) is 66.6 Å². The van der Waals surface area contributed by atoms with Gasteiger partial charge in [-0.25, -0.2) is 0 Å². The van der Waals surface area contributed by atoms with E-state index in [2.05, 4.69) is 44.2 Å². The summed E-state index contributed by atoms with van der Waals surface area (Å²) in [6, 6.07) is 2.08. The maximum Gasteiger partial charge on any atom is 0.233 e. The molecule has 0 atom stereocenters. The molecule has 2 aliphatic rings. The van der Waals surface area contributed by atoms with Gasteiger partial charge >= 0.3 is 0 Å². The van der Waals surface area contributed by atoms with E-state index in [1.165, 1.54) is 11.3 Å². The summed E-state index contributed by atoms with van der Waals surface area (Å²) < 4.78 is 2.78. The minimum Gasteiger partial charge on any atom is -0.312 e. The van der Waals surface area contributed by atoms with Gasteiger partial charge in [-0.1, -0.05) is 0 Å². The van der Waals surface area contributed by atoms with Gasteiger partial charge in [0, 0.05) is 64.3 Å². The van der Waals surface area contributed by atoms with Crippen molar-refractivity contribution in [2.75, 3.05) is 46.3 Å². The predicted molar refractivity (Wildman–Crippen MR) is 86.7 cm³/mol. The third-order valence-electron chi connectivity index (χ3n) is 4.49. The highest BCUT2D eigenvalue weighted by atomic mass is 79.9. The summed E-state index contributed by atoms with van der Waals surface area (Å²) in [5, 5.41) is 3.35. The van der Waals surface area contributed by atoms with E-state index in [1.54, 1.807) is 0 Å². The molecule has 1 aromatic rings. The molecular formula is C15H23BrN4O. The van der Waals surface area contributed by atoms with Gasteiger partial charge in [0.15, 0.2) is 0 Å². The fraction of sp³-hybridized carbons (Fsp3) is 0.667. The summed E-state index contributed by atoms with van der Waals surface area (Å²) in [4.78, 5) is 17.3. The maximum absolute atomic E-state index is 12.6. The number of fused-ring (bicyclic) bond motifs is 1. The first-order valence-corrected chi connectivity index (χ1v) is 8.48. The molecule has 5 nitrogen and oxygen atoms in total. The number of aromatic nitrogens is 1. The molecule has 6 heteroatoms. The number of piperazine rings is 1. The average Bonchev–Trinajstić information content (AvgIpc) is 2.82. The Hall–Kier alpha value is -0.690. The highest BCUT2D eigenvalue weighted by Crippen LogP contribution is 2.24. The van der Waals surface area contributed by atoms with Crippen LogP contribution in [0.2, 0.25) is 0 Å². The van der Waals surface area contributed by atoms with Crippen LogP contribution in [0.5, 0.6) is 0 Å². The Kier molecular flexibility index (Phi) is 4.78. The van der Waals surface area contributed by atoms with Crippen LogP contribution < -0.4 is 5.32 Å². The molecular weight excluding hydrogens is 332 g/mol. The Morgan fingerprint density at radius 3 is 2.86 bits per heavy atom. The van der Waals surface area contributed by atoms with Crippen LogP contribution in [0.1, 0.15) is 22.5 Å². The standard InChI is InChI=1S/C15H23BrN4O/c1-18-6-8-19(9-7-18)5-3-15(21)20-13-2-4-17-11-12(13)10-14(20)16/h10,17H,2-9,11H2,1H3. The Morgan fingerprint density at radius 1 is 1.33 bits per heavy atom. The average molecular weight is 355 g/mol. The van der Waals surface area contributed by atoms with Crippen molar-refractivity contribution in [3.63, 3.8) is 0 Å². The second kappa shape index (κ2) is 6.60. The summed E-state index contributed by atoms with van der Waals surface area (Å²) in [7, 11) is 2.15. The normalized spacial score (nSPS) is 20.5. The molecule has 0 unspecified atom stereocenters. The number of hydrogen-bond donors (Lipinski definition) is 1. The zero-order valence-electron chi connectivity index (χ0n) is 12.6. The van der Waals surface area contributed by atoms with Gasteiger partial charge in [-0.05, 0) is 34.6 Å². The lowest BCUT2D eigenvalue weighted by Crippen LogP contribution is -2.45.